The molecule has 2 heterocycles. The number of morpholine rings is 1. The van der Waals surface area contributed by atoms with Gasteiger partial charge in [0.1, 0.15) is 6.61 Å². The second-order valence-corrected chi connectivity index (χ2v) is 6.62. The van der Waals surface area contributed by atoms with E-state index in [4.69, 9.17) is 9.47 Å². The predicted octanol–water partition coefficient (Wildman–Crippen LogP) is 1.52. The van der Waals surface area contributed by atoms with E-state index in [-0.39, 0.29) is 18.4 Å². The summed E-state index contributed by atoms with van der Waals surface area (Å²) in [5.41, 5.74) is 0.885. The maximum Gasteiger partial charge on any atom is 0.254 e. The van der Waals surface area contributed by atoms with Crippen molar-refractivity contribution < 1.29 is 19.1 Å². The summed E-state index contributed by atoms with van der Waals surface area (Å²) in [6, 6.07) is 9.09. The van der Waals surface area contributed by atoms with E-state index >= 15 is 0 Å². The van der Waals surface area contributed by atoms with Crippen molar-refractivity contribution in [2.45, 2.75) is 31.9 Å². The fourth-order valence-corrected chi connectivity index (χ4v) is 3.48. The van der Waals surface area contributed by atoms with E-state index < -0.39 is 12.1 Å². The molecule has 2 fully saturated rings. The van der Waals surface area contributed by atoms with Crippen LogP contribution in [0.25, 0.3) is 0 Å². The van der Waals surface area contributed by atoms with Crippen molar-refractivity contribution in [3.05, 3.63) is 35.9 Å². The van der Waals surface area contributed by atoms with E-state index in [0.29, 0.717) is 19.0 Å². The van der Waals surface area contributed by atoms with Crippen LogP contribution < -0.4 is 5.32 Å². The van der Waals surface area contributed by atoms with Gasteiger partial charge in [-0.3, -0.25) is 9.59 Å². The molecule has 1 aromatic carbocycles. The number of amides is 2. The number of carbonyl (C=O) groups excluding carboxylic acids is 2. The van der Waals surface area contributed by atoms with Gasteiger partial charge in [0.2, 0.25) is 5.91 Å². The maximum absolute atomic E-state index is 13.1. The van der Waals surface area contributed by atoms with Gasteiger partial charge < -0.3 is 19.7 Å². The summed E-state index contributed by atoms with van der Waals surface area (Å²) < 4.78 is 11.1. The van der Waals surface area contributed by atoms with Crippen molar-refractivity contribution in [3.8, 4) is 0 Å². The Balaban J connectivity index is 1.73. The third-order valence-corrected chi connectivity index (χ3v) is 4.93. The lowest BCUT2D eigenvalue weighted by atomic mass is 9.96. The summed E-state index contributed by atoms with van der Waals surface area (Å²) in [5.74, 6) is 0.222. The van der Waals surface area contributed by atoms with Crippen LogP contribution in [-0.2, 0) is 19.1 Å². The normalized spacial score (nSPS) is 24.6. The maximum atomic E-state index is 13.1. The van der Waals surface area contributed by atoms with Crippen molar-refractivity contribution in [3.63, 3.8) is 0 Å². The molecule has 1 N–H and O–H groups in total. The SMILES string of the molecule is CCN(CC1CCOCC1)C(=O)[C@H]1OCC(=O)N[C@@H]1c1ccccc1. The van der Waals surface area contributed by atoms with Crippen LogP contribution >= 0.6 is 0 Å². The molecule has 0 aliphatic carbocycles. The number of hydrogen-bond acceptors (Lipinski definition) is 4. The minimum Gasteiger partial charge on any atom is -0.381 e. The molecule has 2 aliphatic rings. The van der Waals surface area contributed by atoms with Gasteiger partial charge in [-0.05, 0) is 31.2 Å². The van der Waals surface area contributed by atoms with Gasteiger partial charge in [-0.2, -0.15) is 0 Å². The number of ether oxygens (including phenoxy) is 2. The van der Waals surface area contributed by atoms with Crippen molar-refractivity contribution in [2.75, 3.05) is 32.9 Å². The second-order valence-electron chi connectivity index (χ2n) is 6.62. The predicted molar refractivity (Wildman–Crippen MR) is 92.9 cm³/mol. The molecule has 2 saturated heterocycles. The Morgan fingerprint density at radius 3 is 2.64 bits per heavy atom. The molecule has 25 heavy (non-hydrogen) atoms. The fraction of sp³-hybridized carbons (Fsp3) is 0.579. The molecule has 2 atom stereocenters. The van der Waals surface area contributed by atoms with Gasteiger partial charge in [-0.25, -0.2) is 0 Å². The molecule has 0 unspecified atom stereocenters. The Kier molecular flexibility index (Phi) is 6.04. The molecule has 0 aromatic heterocycles. The molecule has 3 rings (SSSR count). The highest BCUT2D eigenvalue weighted by molar-refractivity contribution is 5.86. The lowest BCUT2D eigenvalue weighted by Gasteiger charge is -2.36. The first-order valence-corrected chi connectivity index (χ1v) is 9.01. The summed E-state index contributed by atoms with van der Waals surface area (Å²) in [6.07, 6.45) is 1.28. The first-order chi connectivity index (χ1) is 12.2. The van der Waals surface area contributed by atoms with Gasteiger partial charge in [0.25, 0.3) is 5.91 Å². The Labute approximate surface area is 148 Å². The molecule has 6 nitrogen and oxygen atoms in total. The molecule has 0 saturated carbocycles. The van der Waals surface area contributed by atoms with Crippen molar-refractivity contribution in [1.82, 2.24) is 10.2 Å². The van der Waals surface area contributed by atoms with Crippen LogP contribution in [0.2, 0.25) is 0 Å². The van der Waals surface area contributed by atoms with E-state index in [1.165, 1.54) is 0 Å². The minimum absolute atomic E-state index is 0.0529. The summed E-state index contributed by atoms with van der Waals surface area (Å²) in [5, 5.41) is 2.91. The summed E-state index contributed by atoms with van der Waals surface area (Å²) in [6.45, 7) is 4.78. The second kappa shape index (κ2) is 8.45. The van der Waals surface area contributed by atoms with Crippen LogP contribution in [-0.4, -0.2) is 55.7 Å². The van der Waals surface area contributed by atoms with E-state index in [1.54, 1.807) is 0 Å². The molecule has 2 aliphatic heterocycles. The van der Waals surface area contributed by atoms with Crippen molar-refractivity contribution in [2.24, 2.45) is 5.92 Å². The Bertz CT molecular complexity index is 586. The third-order valence-electron chi connectivity index (χ3n) is 4.93. The average molecular weight is 346 g/mol. The van der Waals surface area contributed by atoms with Crippen molar-refractivity contribution in [1.29, 1.82) is 0 Å². The van der Waals surface area contributed by atoms with E-state index in [0.717, 1.165) is 31.6 Å². The molecular formula is C19H26N2O4. The van der Waals surface area contributed by atoms with Gasteiger partial charge in [0, 0.05) is 26.3 Å². The zero-order valence-corrected chi connectivity index (χ0v) is 14.6. The highest BCUT2D eigenvalue weighted by atomic mass is 16.5. The first-order valence-electron chi connectivity index (χ1n) is 9.01. The van der Waals surface area contributed by atoms with E-state index in [2.05, 4.69) is 5.32 Å². The van der Waals surface area contributed by atoms with Crippen molar-refractivity contribution >= 4 is 11.8 Å². The molecule has 0 radical (unpaired) electrons. The zero-order valence-electron chi connectivity index (χ0n) is 14.6. The molecule has 6 heteroatoms. The van der Waals surface area contributed by atoms with Crippen LogP contribution in [0.15, 0.2) is 30.3 Å². The quantitative estimate of drug-likeness (QED) is 0.878. The number of nitrogens with one attached hydrogen (secondary N) is 1. The Hall–Kier alpha value is -1.92. The van der Waals surface area contributed by atoms with Gasteiger partial charge in [-0.1, -0.05) is 30.3 Å². The van der Waals surface area contributed by atoms with Gasteiger partial charge in [-0.15, -0.1) is 0 Å². The van der Waals surface area contributed by atoms with Gasteiger partial charge >= 0.3 is 0 Å². The van der Waals surface area contributed by atoms with E-state index in [9.17, 15) is 9.59 Å². The van der Waals surface area contributed by atoms with Crippen LogP contribution in [0.4, 0.5) is 0 Å². The molecular weight excluding hydrogens is 320 g/mol. The topological polar surface area (TPSA) is 67.9 Å². The lowest BCUT2D eigenvalue weighted by molar-refractivity contribution is -0.156. The molecule has 136 valence electrons. The number of hydrogen-bond donors (Lipinski definition) is 1. The van der Waals surface area contributed by atoms with Crippen LogP contribution in [0.5, 0.6) is 0 Å². The molecule has 1 aromatic rings. The Morgan fingerprint density at radius 2 is 1.96 bits per heavy atom. The third kappa shape index (κ3) is 4.38. The van der Waals surface area contributed by atoms with Gasteiger partial charge in [0.05, 0.1) is 6.04 Å². The largest absolute Gasteiger partial charge is 0.381 e. The first kappa shape index (κ1) is 17.9. The minimum atomic E-state index is -0.681. The highest BCUT2D eigenvalue weighted by Gasteiger charge is 2.38. The van der Waals surface area contributed by atoms with Crippen LogP contribution in [0, 0.1) is 5.92 Å². The molecule has 0 bridgehead atoms. The number of benzene rings is 1. The fourth-order valence-electron chi connectivity index (χ4n) is 3.48. The smallest absolute Gasteiger partial charge is 0.254 e. The standard InChI is InChI=1S/C19H26N2O4/c1-2-21(12-14-8-10-24-11-9-14)19(23)18-17(20-16(22)13-25-18)15-6-4-3-5-7-15/h3-7,14,17-18H,2,8-13H2,1H3,(H,20,22)/t17-,18+/m1/s1. The monoisotopic (exact) mass is 346 g/mol. The average Bonchev–Trinajstić information content (AvgIpc) is 2.67. The molecule has 2 amide bonds. The number of likely N-dealkylation sites (N-methyl/N-ethyl adjacent to an activating group) is 1. The number of rotatable bonds is 5. The Morgan fingerprint density at radius 1 is 1.24 bits per heavy atom. The van der Waals surface area contributed by atoms with Crippen LogP contribution in [0.3, 0.4) is 0 Å². The van der Waals surface area contributed by atoms with E-state index in [1.807, 2.05) is 42.2 Å². The summed E-state index contributed by atoms with van der Waals surface area (Å²) in [4.78, 5) is 26.8. The summed E-state index contributed by atoms with van der Waals surface area (Å²) in [7, 11) is 0. The highest BCUT2D eigenvalue weighted by Crippen LogP contribution is 2.25. The van der Waals surface area contributed by atoms with Crippen LogP contribution in [0.1, 0.15) is 31.4 Å². The summed E-state index contributed by atoms with van der Waals surface area (Å²) >= 11 is 0. The number of carbonyl (C=O) groups is 2. The molecule has 0 spiro atoms. The lowest BCUT2D eigenvalue weighted by Crippen LogP contribution is -2.54. The number of nitrogens with zero attached hydrogens (tertiary/aromatic N) is 1. The van der Waals surface area contributed by atoms with Gasteiger partial charge in [0.15, 0.2) is 6.10 Å². The zero-order chi connectivity index (χ0) is 17.6.